The summed E-state index contributed by atoms with van der Waals surface area (Å²) in [5.41, 5.74) is 8.23. The van der Waals surface area contributed by atoms with Crippen molar-refractivity contribution in [1.29, 1.82) is 0 Å². The lowest BCUT2D eigenvalue weighted by molar-refractivity contribution is 0.340. The van der Waals surface area contributed by atoms with Gasteiger partial charge in [0.05, 0.1) is 11.6 Å². The summed E-state index contributed by atoms with van der Waals surface area (Å²) in [6.45, 7) is 5.33. The molecule has 0 aliphatic carbocycles. The Bertz CT molecular complexity index is 507. The topological polar surface area (TPSA) is 48.1 Å². The molecule has 0 spiro atoms. The van der Waals surface area contributed by atoms with Gasteiger partial charge in [0.25, 0.3) is 0 Å². The zero-order valence-electron chi connectivity index (χ0n) is 11.4. The molecule has 0 amide bonds. The fraction of sp³-hybridized carbons (Fsp3) is 0.400. The molecule has 1 heterocycles. The van der Waals surface area contributed by atoms with Gasteiger partial charge in [0.2, 0.25) is 0 Å². The molecule has 0 radical (unpaired) electrons. The highest BCUT2D eigenvalue weighted by molar-refractivity contribution is 7.09. The molecule has 0 fully saturated rings. The van der Waals surface area contributed by atoms with Crippen LogP contribution in [0.5, 0.6) is 5.75 Å². The van der Waals surface area contributed by atoms with E-state index in [1.165, 1.54) is 5.56 Å². The standard InChI is InChI=1S/C15H20N2OS/c1-3-18-14-6-4-12(5-7-14)8-13(9-16)15-17-11(2)10-19-15/h4-7,10,13H,3,8-9,16H2,1-2H3. The number of nitrogens with two attached hydrogens (primary N) is 1. The number of hydrogen-bond donors (Lipinski definition) is 1. The molecule has 2 aromatic rings. The van der Waals surface area contributed by atoms with Crippen molar-refractivity contribution in [2.24, 2.45) is 5.73 Å². The SMILES string of the molecule is CCOc1ccc(CC(CN)c2nc(C)cs2)cc1. The zero-order chi connectivity index (χ0) is 13.7. The Morgan fingerprint density at radius 2 is 2.05 bits per heavy atom. The van der Waals surface area contributed by atoms with E-state index in [1.807, 2.05) is 26.0 Å². The van der Waals surface area contributed by atoms with Gasteiger partial charge in [-0.05, 0) is 38.0 Å². The van der Waals surface area contributed by atoms with Gasteiger partial charge in [-0.1, -0.05) is 12.1 Å². The smallest absolute Gasteiger partial charge is 0.119 e. The number of aromatic nitrogens is 1. The molecular weight excluding hydrogens is 256 g/mol. The summed E-state index contributed by atoms with van der Waals surface area (Å²) < 4.78 is 5.45. The van der Waals surface area contributed by atoms with Gasteiger partial charge in [0.1, 0.15) is 5.75 Å². The molecule has 4 heteroatoms. The second kappa shape index (κ2) is 6.68. The van der Waals surface area contributed by atoms with Crippen molar-refractivity contribution in [2.75, 3.05) is 13.2 Å². The van der Waals surface area contributed by atoms with E-state index in [9.17, 15) is 0 Å². The summed E-state index contributed by atoms with van der Waals surface area (Å²) >= 11 is 1.70. The molecule has 2 rings (SSSR count). The van der Waals surface area contributed by atoms with E-state index in [0.29, 0.717) is 19.1 Å². The van der Waals surface area contributed by atoms with Crippen molar-refractivity contribution < 1.29 is 4.74 Å². The third-order valence-electron chi connectivity index (χ3n) is 2.99. The Labute approximate surface area is 118 Å². The Balaban J connectivity index is 2.05. The number of benzene rings is 1. The van der Waals surface area contributed by atoms with Crippen LogP contribution in [0.3, 0.4) is 0 Å². The first-order valence-electron chi connectivity index (χ1n) is 6.56. The molecule has 1 aromatic heterocycles. The van der Waals surface area contributed by atoms with E-state index in [0.717, 1.165) is 22.9 Å². The van der Waals surface area contributed by atoms with Gasteiger partial charge >= 0.3 is 0 Å². The van der Waals surface area contributed by atoms with Crippen molar-refractivity contribution in [3.05, 3.63) is 45.9 Å². The van der Waals surface area contributed by atoms with Crippen molar-refractivity contribution in [2.45, 2.75) is 26.2 Å². The van der Waals surface area contributed by atoms with Gasteiger partial charge < -0.3 is 10.5 Å². The molecule has 0 bridgehead atoms. The van der Waals surface area contributed by atoms with Gasteiger partial charge in [-0.3, -0.25) is 0 Å². The van der Waals surface area contributed by atoms with Gasteiger partial charge in [-0.2, -0.15) is 0 Å². The lowest BCUT2D eigenvalue weighted by atomic mass is 10.00. The molecule has 0 aliphatic rings. The highest BCUT2D eigenvalue weighted by atomic mass is 32.1. The van der Waals surface area contributed by atoms with Crippen LogP contribution in [-0.2, 0) is 6.42 Å². The summed E-state index contributed by atoms with van der Waals surface area (Å²) in [7, 11) is 0. The van der Waals surface area contributed by atoms with Crippen LogP contribution >= 0.6 is 11.3 Å². The summed E-state index contributed by atoms with van der Waals surface area (Å²) in [5.74, 6) is 1.22. The van der Waals surface area contributed by atoms with Gasteiger partial charge in [0.15, 0.2) is 0 Å². The minimum Gasteiger partial charge on any atom is -0.494 e. The first-order chi connectivity index (χ1) is 9.22. The molecule has 2 N–H and O–H groups in total. The highest BCUT2D eigenvalue weighted by Crippen LogP contribution is 2.24. The number of hydrogen-bond acceptors (Lipinski definition) is 4. The maximum absolute atomic E-state index is 5.88. The number of aryl methyl sites for hydroxylation is 1. The predicted octanol–water partition coefficient (Wildman–Crippen LogP) is 3.14. The molecule has 0 saturated carbocycles. The minimum atomic E-state index is 0.302. The number of rotatable bonds is 6. The van der Waals surface area contributed by atoms with Crippen LogP contribution in [0.1, 0.15) is 29.1 Å². The first kappa shape index (κ1) is 14.0. The Morgan fingerprint density at radius 1 is 1.32 bits per heavy atom. The Kier molecular flexibility index (Phi) is 4.93. The van der Waals surface area contributed by atoms with Crippen LogP contribution in [0.25, 0.3) is 0 Å². The zero-order valence-corrected chi connectivity index (χ0v) is 12.2. The molecule has 3 nitrogen and oxygen atoms in total. The summed E-state index contributed by atoms with van der Waals surface area (Å²) in [5, 5.41) is 3.21. The second-order valence-electron chi connectivity index (χ2n) is 4.54. The molecule has 102 valence electrons. The van der Waals surface area contributed by atoms with Crippen LogP contribution in [0.2, 0.25) is 0 Å². The number of ether oxygens (including phenoxy) is 1. The predicted molar refractivity (Wildman–Crippen MR) is 80.0 cm³/mol. The third kappa shape index (κ3) is 3.78. The van der Waals surface area contributed by atoms with Gasteiger partial charge in [-0.25, -0.2) is 4.98 Å². The average Bonchev–Trinajstić information content (AvgIpc) is 2.85. The summed E-state index contributed by atoms with van der Waals surface area (Å²) in [6.07, 6.45) is 0.926. The summed E-state index contributed by atoms with van der Waals surface area (Å²) in [4.78, 5) is 4.54. The fourth-order valence-electron chi connectivity index (χ4n) is 2.00. The molecule has 0 saturated heterocycles. The van der Waals surface area contributed by atoms with E-state index in [1.54, 1.807) is 11.3 Å². The third-order valence-corrected chi connectivity index (χ3v) is 4.11. The minimum absolute atomic E-state index is 0.302. The molecule has 1 atom stereocenters. The first-order valence-corrected chi connectivity index (χ1v) is 7.44. The van der Waals surface area contributed by atoms with E-state index in [4.69, 9.17) is 10.5 Å². The van der Waals surface area contributed by atoms with Crippen molar-refractivity contribution in [1.82, 2.24) is 4.98 Å². The van der Waals surface area contributed by atoms with Crippen LogP contribution in [0, 0.1) is 6.92 Å². The van der Waals surface area contributed by atoms with E-state index >= 15 is 0 Å². The maximum atomic E-state index is 5.88. The summed E-state index contributed by atoms with van der Waals surface area (Å²) in [6, 6.07) is 8.24. The highest BCUT2D eigenvalue weighted by Gasteiger charge is 2.14. The molecule has 1 unspecified atom stereocenters. The van der Waals surface area contributed by atoms with Crippen LogP contribution in [0.4, 0.5) is 0 Å². The van der Waals surface area contributed by atoms with E-state index < -0.39 is 0 Å². The monoisotopic (exact) mass is 276 g/mol. The second-order valence-corrected chi connectivity index (χ2v) is 5.43. The average molecular weight is 276 g/mol. The molecule has 1 aromatic carbocycles. The Morgan fingerprint density at radius 3 is 2.58 bits per heavy atom. The largest absolute Gasteiger partial charge is 0.494 e. The Hall–Kier alpha value is -1.39. The van der Waals surface area contributed by atoms with Crippen molar-refractivity contribution in [3.63, 3.8) is 0 Å². The quantitative estimate of drug-likeness (QED) is 0.881. The van der Waals surface area contributed by atoms with Gasteiger partial charge in [0, 0.05) is 23.5 Å². The number of nitrogens with zero attached hydrogens (tertiary/aromatic N) is 1. The van der Waals surface area contributed by atoms with Crippen LogP contribution < -0.4 is 10.5 Å². The molecular formula is C15H20N2OS. The molecule has 0 aliphatic heterocycles. The fourth-order valence-corrected chi connectivity index (χ4v) is 2.92. The lowest BCUT2D eigenvalue weighted by Gasteiger charge is -2.12. The maximum Gasteiger partial charge on any atom is 0.119 e. The van der Waals surface area contributed by atoms with E-state index in [2.05, 4.69) is 22.5 Å². The lowest BCUT2D eigenvalue weighted by Crippen LogP contribution is -2.15. The van der Waals surface area contributed by atoms with Crippen molar-refractivity contribution >= 4 is 11.3 Å². The van der Waals surface area contributed by atoms with Gasteiger partial charge in [-0.15, -0.1) is 11.3 Å². The van der Waals surface area contributed by atoms with Crippen LogP contribution in [-0.4, -0.2) is 18.1 Å². The number of thiazole rings is 1. The van der Waals surface area contributed by atoms with Crippen molar-refractivity contribution in [3.8, 4) is 5.75 Å². The normalized spacial score (nSPS) is 12.4. The molecule has 19 heavy (non-hydrogen) atoms. The van der Waals surface area contributed by atoms with E-state index in [-0.39, 0.29) is 0 Å². The van der Waals surface area contributed by atoms with Crippen LogP contribution in [0.15, 0.2) is 29.6 Å².